The maximum atomic E-state index is 12.8. The smallest absolute Gasteiger partial charge is 0.408 e. The Hall–Kier alpha value is -4.44. The zero-order valence-electron chi connectivity index (χ0n) is 23.9. The van der Waals surface area contributed by atoms with E-state index < -0.39 is 60.1 Å². The van der Waals surface area contributed by atoms with Crippen molar-refractivity contribution in [1.29, 1.82) is 0 Å². The predicted molar refractivity (Wildman–Crippen MR) is 162 cm³/mol. The van der Waals surface area contributed by atoms with E-state index in [9.17, 15) is 28.8 Å². The molecule has 0 fully saturated rings. The molecule has 0 aliphatic carbocycles. The molecule has 4 atom stereocenters. The number of carboxylic acids is 2. The highest BCUT2D eigenvalue weighted by Crippen LogP contribution is 2.23. The van der Waals surface area contributed by atoms with Gasteiger partial charge in [-0.25, -0.2) is 9.59 Å². The van der Waals surface area contributed by atoms with E-state index in [0.717, 1.165) is 21.6 Å². The molecule has 0 saturated heterocycles. The Morgan fingerprint density at radius 3 is 1.27 bits per heavy atom. The third-order valence-corrected chi connectivity index (χ3v) is 8.08. The topological polar surface area (TPSA) is 209 Å². The Bertz CT molecular complexity index is 1170. The van der Waals surface area contributed by atoms with E-state index >= 15 is 0 Å². The summed E-state index contributed by atoms with van der Waals surface area (Å²) in [6, 6.07) is 12.7. The van der Waals surface area contributed by atoms with Gasteiger partial charge in [-0.2, -0.15) is 0 Å². The van der Waals surface area contributed by atoms with Crippen LogP contribution in [-0.4, -0.2) is 81.8 Å². The quantitative estimate of drug-likeness (QED) is 0.107. The molecule has 2 rings (SSSR count). The first-order valence-corrected chi connectivity index (χ1v) is 15.7. The molecule has 16 heteroatoms. The lowest BCUT2D eigenvalue weighted by Crippen LogP contribution is -2.52. The number of benzene rings is 2. The fourth-order valence-electron chi connectivity index (χ4n) is 3.16. The number of amides is 4. The minimum absolute atomic E-state index is 0.0635. The summed E-state index contributed by atoms with van der Waals surface area (Å²) in [7, 11) is 2.08. The third kappa shape index (κ3) is 13.7. The number of alkyl carbamates (subject to hydrolysis) is 2. The van der Waals surface area contributed by atoms with Crippen LogP contribution in [0.5, 0.6) is 0 Å². The van der Waals surface area contributed by atoms with Crippen molar-refractivity contribution in [2.75, 3.05) is 11.5 Å². The molecule has 44 heavy (non-hydrogen) atoms. The number of rotatable bonds is 17. The van der Waals surface area contributed by atoms with E-state index in [0.29, 0.717) is 11.1 Å². The summed E-state index contributed by atoms with van der Waals surface area (Å²) in [5.41, 5.74) is 1.42. The molecule has 0 aliphatic rings. The van der Waals surface area contributed by atoms with Gasteiger partial charge in [0.25, 0.3) is 0 Å². The minimum Gasteiger partial charge on any atom is -0.480 e. The van der Waals surface area contributed by atoms with Crippen LogP contribution in [0.4, 0.5) is 9.59 Å². The second kappa shape index (κ2) is 19.0. The van der Waals surface area contributed by atoms with Crippen molar-refractivity contribution >= 4 is 57.5 Å². The van der Waals surface area contributed by atoms with Gasteiger partial charge in [0.1, 0.15) is 37.4 Å². The first-order valence-electron chi connectivity index (χ1n) is 13.2. The lowest BCUT2D eigenvalue weighted by Gasteiger charge is -2.21. The van der Waals surface area contributed by atoms with E-state index in [-0.39, 0.29) is 24.7 Å². The number of nitrogens with one attached hydrogen (secondary N) is 4. The normalized spacial score (nSPS) is 13.2. The van der Waals surface area contributed by atoms with Gasteiger partial charge in [0.05, 0.1) is 0 Å². The summed E-state index contributed by atoms with van der Waals surface area (Å²) in [5.74, 6) is -4.28. The fourth-order valence-corrected chi connectivity index (χ4v) is 5.49. The number of carbonyl (C=O) groups excluding carboxylic acids is 4. The molecule has 0 aliphatic heterocycles. The summed E-state index contributed by atoms with van der Waals surface area (Å²) in [6.45, 7) is 2.39. The van der Waals surface area contributed by atoms with Crippen LogP contribution >= 0.6 is 21.6 Å². The van der Waals surface area contributed by atoms with Gasteiger partial charge in [-0.3, -0.25) is 19.2 Å². The van der Waals surface area contributed by atoms with Crippen LogP contribution in [0.1, 0.15) is 25.0 Å². The van der Waals surface area contributed by atoms with Crippen molar-refractivity contribution in [3.8, 4) is 0 Å². The fraction of sp³-hybridized carbons (Fsp3) is 0.357. The number of carboxylic acid groups (broad SMARTS) is 2. The summed E-state index contributed by atoms with van der Waals surface area (Å²) >= 11 is 0. The van der Waals surface area contributed by atoms with Gasteiger partial charge in [0.15, 0.2) is 0 Å². The maximum Gasteiger partial charge on any atom is 0.408 e. The Balaban J connectivity index is 2.00. The van der Waals surface area contributed by atoms with Crippen molar-refractivity contribution in [3.05, 3.63) is 71.8 Å². The lowest BCUT2D eigenvalue weighted by atomic mass is 10.2. The van der Waals surface area contributed by atoms with E-state index in [1.165, 1.54) is 13.8 Å². The molecule has 0 radical (unpaired) electrons. The molecule has 2 aromatic carbocycles. The van der Waals surface area contributed by atoms with Crippen LogP contribution in [-0.2, 0) is 41.9 Å². The number of carbonyl (C=O) groups is 6. The highest BCUT2D eigenvalue weighted by molar-refractivity contribution is 8.76. The first kappa shape index (κ1) is 35.8. The highest BCUT2D eigenvalue weighted by atomic mass is 33.1. The molecule has 6 N–H and O–H groups in total. The molecular formula is C28H34N4O10S2. The van der Waals surface area contributed by atoms with Crippen molar-refractivity contribution in [2.45, 2.75) is 51.2 Å². The van der Waals surface area contributed by atoms with E-state index in [2.05, 4.69) is 21.3 Å². The predicted octanol–water partition coefficient (Wildman–Crippen LogP) is 2.14. The van der Waals surface area contributed by atoms with Gasteiger partial charge in [-0.15, -0.1) is 0 Å². The van der Waals surface area contributed by atoms with Gasteiger partial charge < -0.3 is 41.0 Å². The van der Waals surface area contributed by atoms with Crippen LogP contribution < -0.4 is 21.3 Å². The molecule has 0 spiro atoms. The second-order valence-electron chi connectivity index (χ2n) is 9.22. The van der Waals surface area contributed by atoms with Gasteiger partial charge in [0.2, 0.25) is 11.8 Å². The first-order chi connectivity index (χ1) is 21.0. The molecular weight excluding hydrogens is 616 g/mol. The van der Waals surface area contributed by atoms with Gasteiger partial charge in [0, 0.05) is 11.5 Å². The molecule has 2 aromatic rings. The van der Waals surface area contributed by atoms with Crippen molar-refractivity contribution < 1.29 is 48.5 Å². The average molecular weight is 651 g/mol. The largest absolute Gasteiger partial charge is 0.480 e. The standard InChI is InChI=1S/C28H34N4O10S2/c1-17(25(35)36)29-23(33)21(31-27(39)41-13-19-9-5-3-6-10-19)15-43-44-16-22(24(34)30-18(2)26(37)38)32-28(40)42-14-20-11-7-4-8-12-20/h3-12,17-18,21-22H,13-16H2,1-2H3,(H,29,33)(H,30,34)(H,31,39)(H,32,40)(H,35,36)(H,37,38)/t17-,18-,21-,22+/m0/s1. The molecule has 0 bridgehead atoms. The van der Waals surface area contributed by atoms with E-state index in [4.69, 9.17) is 19.7 Å². The minimum atomic E-state index is -1.28. The van der Waals surface area contributed by atoms with Gasteiger partial charge in [-0.05, 0) is 25.0 Å². The maximum absolute atomic E-state index is 12.8. The summed E-state index contributed by atoms with van der Waals surface area (Å²) in [5, 5.41) is 27.7. The highest BCUT2D eigenvalue weighted by Gasteiger charge is 2.27. The summed E-state index contributed by atoms with van der Waals surface area (Å²) < 4.78 is 10.3. The van der Waals surface area contributed by atoms with Crippen LogP contribution in [0.2, 0.25) is 0 Å². The zero-order chi connectivity index (χ0) is 32.5. The van der Waals surface area contributed by atoms with Crippen molar-refractivity contribution in [1.82, 2.24) is 21.3 Å². The molecule has 4 amide bonds. The van der Waals surface area contributed by atoms with E-state index in [1.54, 1.807) is 60.7 Å². The van der Waals surface area contributed by atoms with Gasteiger partial charge in [-0.1, -0.05) is 82.3 Å². The molecule has 0 unspecified atom stereocenters. The SMILES string of the molecule is C[C@H](NC(=O)[C@H](CSSC[C@@H](NC(=O)OCc1ccccc1)C(=O)N[C@@H](C)C(=O)O)NC(=O)OCc1ccccc1)C(=O)O. The zero-order valence-corrected chi connectivity index (χ0v) is 25.5. The number of hydrogen-bond donors (Lipinski definition) is 6. The molecule has 0 aromatic heterocycles. The van der Waals surface area contributed by atoms with Crippen LogP contribution in [0.15, 0.2) is 60.7 Å². The van der Waals surface area contributed by atoms with Crippen molar-refractivity contribution in [2.24, 2.45) is 0 Å². The van der Waals surface area contributed by atoms with Crippen molar-refractivity contribution in [3.63, 3.8) is 0 Å². The van der Waals surface area contributed by atoms with Crippen LogP contribution in [0, 0.1) is 0 Å². The summed E-state index contributed by atoms with van der Waals surface area (Å²) in [4.78, 5) is 72.8. The number of ether oxygens (including phenoxy) is 2. The van der Waals surface area contributed by atoms with Crippen LogP contribution in [0.3, 0.4) is 0 Å². The van der Waals surface area contributed by atoms with E-state index in [1.807, 2.05) is 0 Å². The molecule has 0 saturated carbocycles. The molecule has 238 valence electrons. The Kier molecular flexibility index (Phi) is 15.4. The Morgan fingerprint density at radius 2 is 0.955 bits per heavy atom. The Morgan fingerprint density at radius 1 is 0.614 bits per heavy atom. The molecule has 14 nitrogen and oxygen atoms in total. The monoisotopic (exact) mass is 650 g/mol. The average Bonchev–Trinajstić information content (AvgIpc) is 3.00. The van der Waals surface area contributed by atoms with Crippen LogP contribution in [0.25, 0.3) is 0 Å². The van der Waals surface area contributed by atoms with Gasteiger partial charge >= 0.3 is 24.1 Å². The lowest BCUT2D eigenvalue weighted by molar-refractivity contribution is -0.141. The second-order valence-corrected chi connectivity index (χ2v) is 11.8. The third-order valence-electron chi connectivity index (χ3n) is 5.65. The summed E-state index contributed by atoms with van der Waals surface area (Å²) in [6.07, 6.45) is -1.82. The number of hydrogen-bond acceptors (Lipinski definition) is 10. The number of aliphatic carboxylic acids is 2. The molecule has 0 heterocycles. The Labute approximate surface area is 261 Å².